The molecule has 0 saturated heterocycles. The number of esters is 2. The van der Waals surface area contributed by atoms with Gasteiger partial charge in [-0.2, -0.15) is 0 Å². The van der Waals surface area contributed by atoms with Crippen LogP contribution < -0.4 is 0 Å². The summed E-state index contributed by atoms with van der Waals surface area (Å²) in [5.74, 6) is -1.28. The first-order valence-corrected chi connectivity index (χ1v) is 6.32. The highest BCUT2D eigenvalue weighted by Crippen LogP contribution is 2.09. The highest BCUT2D eigenvalue weighted by Gasteiger charge is 2.14. The van der Waals surface area contributed by atoms with Crippen LogP contribution in [-0.2, 0) is 4.74 Å². The Bertz CT molecular complexity index is 561. The van der Waals surface area contributed by atoms with E-state index in [4.69, 9.17) is 4.74 Å². The Labute approximate surface area is 118 Å². The molecule has 2 aromatic carbocycles. The minimum atomic E-state index is -0.640. The number of hydrogen-bond donors (Lipinski definition) is 0. The van der Waals surface area contributed by atoms with Gasteiger partial charge >= 0.3 is 11.9 Å². The summed E-state index contributed by atoms with van der Waals surface area (Å²) in [4.78, 5) is 23.3. The fraction of sp³-hybridized carbons (Fsp3) is 0. The molecular formula is C14H9IO3. The molecule has 0 aliphatic carbocycles. The van der Waals surface area contributed by atoms with Crippen LogP contribution >= 0.6 is 22.6 Å². The number of carbonyl (C=O) groups is 2. The van der Waals surface area contributed by atoms with E-state index in [1.54, 1.807) is 54.6 Å². The molecule has 4 heteroatoms. The van der Waals surface area contributed by atoms with E-state index in [0.29, 0.717) is 11.1 Å². The van der Waals surface area contributed by atoms with Crippen LogP contribution in [0, 0.1) is 3.57 Å². The molecule has 0 aliphatic rings. The summed E-state index contributed by atoms with van der Waals surface area (Å²) in [6.45, 7) is 0. The summed E-state index contributed by atoms with van der Waals surface area (Å²) in [5, 5.41) is 0. The SMILES string of the molecule is O=C(OC(=O)c1ccc(I)cc1)c1ccccc1. The van der Waals surface area contributed by atoms with Gasteiger partial charge in [0.1, 0.15) is 0 Å². The molecule has 0 saturated carbocycles. The predicted octanol–water partition coefficient (Wildman–Crippen LogP) is 3.29. The second-order valence-corrected chi connectivity index (χ2v) is 4.80. The first kappa shape index (κ1) is 12.8. The standard InChI is InChI=1S/C14H9IO3/c15-12-8-6-11(7-9-12)14(17)18-13(16)10-4-2-1-3-5-10/h1-9H. The quantitative estimate of drug-likeness (QED) is 0.473. The highest BCUT2D eigenvalue weighted by molar-refractivity contribution is 14.1. The van der Waals surface area contributed by atoms with Crippen LogP contribution in [0.5, 0.6) is 0 Å². The number of hydrogen-bond acceptors (Lipinski definition) is 3. The molecule has 18 heavy (non-hydrogen) atoms. The van der Waals surface area contributed by atoms with Gasteiger partial charge in [0.15, 0.2) is 0 Å². The fourth-order valence-corrected chi connectivity index (χ4v) is 1.72. The van der Waals surface area contributed by atoms with Crippen molar-refractivity contribution in [3.63, 3.8) is 0 Å². The molecule has 0 aliphatic heterocycles. The summed E-state index contributed by atoms with van der Waals surface area (Å²) < 4.78 is 5.79. The van der Waals surface area contributed by atoms with Crippen molar-refractivity contribution >= 4 is 34.5 Å². The topological polar surface area (TPSA) is 43.4 Å². The molecule has 0 heterocycles. The molecule has 0 unspecified atom stereocenters. The summed E-state index contributed by atoms with van der Waals surface area (Å²) in [6, 6.07) is 15.2. The molecule has 0 bridgehead atoms. The molecular weight excluding hydrogens is 343 g/mol. The van der Waals surface area contributed by atoms with E-state index in [-0.39, 0.29) is 0 Å². The van der Waals surface area contributed by atoms with E-state index in [9.17, 15) is 9.59 Å². The fourth-order valence-electron chi connectivity index (χ4n) is 1.36. The second-order valence-electron chi connectivity index (χ2n) is 3.55. The number of rotatable bonds is 2. The largest absolute Gasteiger partial charge is 0.386 e. The Hall–Kier alpha value is -1.69. The summed E-state index contributed by atoms with van der Waals surface area (Å²) in [7, 11) is 0. The molecule has 3 nitrogen and oxygen atoms in total. The normalized spacial score (nSPS) is 9.83. The molecule has 2 aromatic rings. The maximum atomic E-state index is 11.7. The van der Waals surface area contributed by atoms with Crippen molar-refractivity contribution in [2.75, 3.05) is 0 Å². The second kappa shape index (κ2) is 5.77. The summed E-state index contributed by atoms with van der Waals surface area (Å²) in [5.41, 5.74) is 0.719. The van der Waals surface area contributed by atoms with Gasteiger partial charge in [-0.25, -0.2) is 9.59 Å². The first-order chi connectivity index (χ1) is 8.66. The Kier molecular flexibility index (Phi) is 4.09. The van der Waals surface area contributed by atoms with Gasteiger partial charge in [-0.3, -0.25) is 0 Å². The zero-order valence-electron chi connectivity index (χ0n) is 9.30. The third kappa shape index (κ3) is 3.16. The highest BCUT2D eigenvalue weighted by atomic mass is 127. The van der Waals surface area contributed by atoms with Crippen molar-refractivity contribution in [1.29, 1.82) is 0 Å². The Morgan fingerprint density at radius 2 is 1.28 bits per heavy atom. The Balaban J connectivity index is 2.08. The maximum absolute atomic E-state index is 11.7. The molecule has 0 atom stereocenters. The zero-order chi connectivity index (χ0) is 13.0. The van der Waals surface area contributed by atoms with E-state index in [2.05, 4.69) is 22.6 Å². The molecule has 0 N–H and O–H groups in total. The molecule has 0 aromatic heterocycles. The Morgan fingerprint density at radius 1 is 0.778 bits per heavy atom. The van der Waals surface area contributed by atoms with Gasteiger partial charge in [0.05, 0.1) is 11.1 Å². The Morgan fingerprint density at radius 3 is 1.83 bits per heavy atom. The maximum Gasteiger partial charge on any atom is 0.346 e. The van der Waals surface area contributed by atoms with Crippen LogP contribution in [0.3, 0.4) is 0 Å². The van der Waals surface area contributed by atoms with Crippen molar-refractivity contribution in [3.05, 3.63) is 69.3 Å². The average molecular weight is 352 g/mol. The van der Waals surface area contributed by atoms with Crippen molar-refractivity contribution in [2.45, 2.75) is 0 Å². The lowest BCUT2D eigenvalue weighted by molar-refractivity contribution is 0.0398. The lowest BCUT2D eigenvalue weighted by Crippen LogP contribution is -2.12. The van der Waals surface area contributed by atoms with Crippen LogP contribution in [0.2, 0.25) is 0 Å². The molecule has 0 fully saturated rings. The van der Waals surface area contributed by atoms with Gasteiger partial charge in [-0.05, 0) is 59.0 Å². The van der Waals surface area contributed by atoms with E-state index in [1.807, 2.05) is 0 Å². The lowest BCUT2D eigenvalue weighted by atomic mass is 10.2. The van der Waals surface area contributed by atoms with Crippen molar-refractivity contribution in [3.8, 4) is 0 Å². The van der Waals surface area contributed by atoms with Gasteiger partial charge < -0.3 is 4.74 Å². The van der Waals surface area contributed by atoms with E-state index in [0.717, 1.165) is 3.57 Å². The van der Waals surface area contributed by atoms with Crippen LogP contribution in [0.4, 0.5) is 0 Å². The van der Waals surface area contributed by atoms with E-state index in [1.165, 1.54) is 0 Å². The van der Waals surface area contributed by atoms with Crippen molar-refractivity contribution < 1.29 is 14.3 Å². The number of ether oxygens (including phenoxy) is 1. The van der Waals surface area contributed by atoms with Crippen LogP contribution in [0.15, 0.2) is 54.6 Å². The average Bonchev–Trinajstić information content (AvgIpc) is 2.40. The van der Waals surface area contributed by atoms with Crippen LogP contribution in [0.1, 0.15) is 20.7 Å². The monoisotopic (exact) mass is 352 g/mol. The molecule has 90 valence electrons. The lowest BCUT2D eigenvalue weighted by Gasteiger charge is -2.03. The van der Waals surface area contributed by atoms with Gasteiger partial charge in [-0.15, -0.1) is 0 Å². The minimum absolute atomic E-state index is 0.358. The number of halogens is 1. The number of carbonyl (C=O) groups excluding carboxylic acids is 2. The van der Waals surface area contributed by atoms with Crippen LogP contribution in [0.25, 0.3) is 0 Å². The van der Waals surface area contributed by atoms with Crippen LogP contribution in [-0.4, -0.2) is 11.9 Å². The predicted molar refractivity (Wildman–Crippen MR) is 75.3 cm³/mol. The molecule has 0 radical (unpaired) electrons. The molecule has 0 spiro atoms. The zero-order valence-corrected chi connectivity index (χ0v) is 11.5. The van der Waals surface area contributed by atoms with E-state index >= 15 is 0 Å². The van der Waals surface area contributed by atoms with Gasteiger partial charge in [0.2, 0.25) is 0 Å². The van der Waals surface area contributed by atoms with Crippen molar-refractivity contribution in [2.24, 2.45) is 0 Å². The van der Waals surface area contributed by atoms with Crippen molar-refractivity contribution in [1.82, 2.24) is 0 Å². The molecule has 2 rings (SSSR count). The third-order valence-corrected chi connectivity index (χ3v) is 2.99. The van der Waals surface area contributed by atoms with Gasteiger partial charge in [0, 0.05) is 3.57 Å². The third-order valence-electron chi connectivity index (χ3n) is 2.27. The molecule has 0 amide bonds. The van der Waals surface area contributed by atoms with E-state index < -0.39 is 11.9 Å². The number of benzene rings is 2. The summed E-state index contributed by atoms with van der Waals surface area (Å²) in [6.07, 6.45) is 0. The minimum Gasteiger partial charge on any atom is -0.386 e. The summed E-state index contributed by atoms with van der Waals surface area (Å²) >= 11 is 2.14. The first-order valence-electron chi connectivity index (χ1n) is 5.24. The van der Waals surface area contributed by atoms with Gasteiger partial charge in [-0.1, -0.05) is 18.2 Å². The van der Waals surface area contributed by atoms with Gasteiger partial charge in [0.25, 0.3) is 0 Å². The smallest absolute Gasteiger partial charge is 0.346 e.